The minimum atomic E-state index is -0.203. The maximum Gasteiger partial charge on any atom is 0.191 e. The fourth-order valence-electron chi connectivity index (χ4n) is 4.74. The Morgan fingerprint density at radius 1 is 1.19 bits per heavy atom. The Hall–Kier alpha value is -0.970. The van der Waals surface area contributed by atoms with E-state index in [0.717, 1.165) is 63.9 Å². The normalized spacial score (nSPS) is 19.9. The van der Waals surface area contributed by atoms with Crippen molar-refractivity contribution in [2.45, 2.75) is 45.1 Å². The molecule has 1 aliphatic heterocycles. The molecule has 0 aromatic heterocycles. The van der Waals surface area contributed by atoms with Crippen LogP contribution in [0.3, 0.4) is 0 Å². The minimum Gasteiger partial charge on any atom is -0.385 e. The average molecular weight is 563 g/mol. The molecule has 1 aliphatic carbocycles. The number of nitrogens with zero attached hydrogens (tertiary/aromatic N) is 2. The van der Waals surface area contributed by atoms with E-state index >= 15 is 0 Å². The molecule has 3 rings (SSSR count). The van der Waals surface area contributed by atoms with E-state index in [4.69, 9.17) is 14.5 Å². The molecular weight excluding hydrogens is 522 g/mol. The van der Waals surface area contributed by atoms with E-state index in [-0.39, 0.29) is 41.3 Å². The molecule has 8 heteroatoms. The van der Waals surface area contributed by atoms with Gasteiger partial charge in [-0.05, 0) is 49.3 Å². The van der Waals surface area contributed by atoms with Crippen LogP contribution < -0.4 is 10.6 Å². The van der Waals surface area contributed by atoms with Gasteiger partial charge in [-0.3, -0.25) is 9.89 Å². The smallest absolute Gasteiger partial charge is 0.191 e. The van der Waals surface area contributed by atoms with Crippen LogP contribution >= 0.6 is 24.0 Å². The standard InChI is InChI=1S/C24H39FN4O2.HI/c1-3-26-23(28-19-24(12-15-30-2)10-4-5-11-24)27-18-22(29-13-16-31-17-14-29)20-6-8-21(25)9-7-20;/h6-9,22H,3-5,10-19H2,1-2H3,(H2,26,27,28);1H. The largest absolute Gasteiger partial charge is 0.385 e. The van der Waals surface area contributed by atoms with Gasteiger partial charge in [0, 0.05) is 46.4 Å². The maximum atomic E-state index is 13.5. The lowest BCUT2D eigenvalue weighted by Gasteiger charge is -2.35. The zero-order valence-corrected chi connectivity index (χ0v) is 21.9. The number of hydrogen-bond acceptors (Lipinski definition) is 4. The van der Waals surface area contributed by atoms with Crippen molar-refractivity contribution in [2.24, 2.45) is 10.4 Å². The Balaban J connectivity index is 0.00000363. The first-order chi connectivity index (χ1) is 15.2. The number of hydrogen-bond donors (Lipinski definition) is 2. The maximum absolute atomic E-state index is 13.5. The quantitative estimate of drug-likeness (QED) is 0.257. The van der Waals surface area contributed by atoms with Crippen LogP contribution in [0.2, 0.25) is 0 Å². The highest BCUT2D eigenvalue weighted by Crippen LogP contribution is 2.41. The Morgan fingerprint density at radius 2 is 1.88 bits per heavy atom. The Labute approximate surface area is 209 Å². The second-order valence-electron chi connectivity index (χ2n) is 8.74. The van der Waals surface area contributed by atoms with Gasteiger partial charge in [-0.15, -0.1) is 24.0 Å². The zero-order chi connectivity index (χ0) is 21.9. The second kappa shape index (κ2) is 14.3. The molecule has 0 amide bonds. The van der Waals surface area contributed by atoms with Gasteiger partial charge in [0.25, 0.3) is 0 Å². The summed E-state index contributed by atoms with van der Waals surface area (Å²) in [6.07, 6.45) is 6.09. The molecule has 6 nitrogen and oxygen atoms in total. The fraction of sp³-hybridized carbons (Fsp3) is 0.708. The van der Waals surface area contributed by atoms with Gasteiger partial charge in [0.15, 0.2) is 5.96 Å². The molecule has 1 aromatic carbocycles. The van der Waals surface area contributed by atoms with Crippen LogP contribution in [0.1, 0.15) is 50.6 Å². The van der Waals surface area contributed by atoms with E-state index in [1.54, 1.807) is 19.2 Å². The topological polar surface area (TPSA) is 58.1 Å². The number of rotatable bonds is 10. The van der Waals surface area contributed by atoms with Gasteiger partial charge >= 0.3 is 0 Å². The van der Waals surface area contributed by atoms with Gasteiger partial charge in [0.2, 0.25) is 0 Å². The first-order valence-electron chi connectivity index (χ1n) is 11.7. The highest BCUT2D eigenvalue weighted by molar-refractivity contribution is 14.0. The summed E-state index contributed by atoms with van der Waals surface area (Å²) >= 11 is 0. The SMILES string of the molecule is CCNC(=NCC1(CCOC)CCCC1)NCC(c1ccc(F)cc1)N1CCOCC1.I. The lowest BCUT2D eigenvalue weighted by molar-refractivity contribution is 0.0170. The van der Waals surface area contributed by atoms with Crippen molar-refractivity contribution in [1.29, 1.82) is 0 Å². The number of aliphatic imine (C=N–C) groups is 1. The molecule has 2 fully saturated rings. The summed E-state index contributed by atoms with van der Waals surface area (Å²) in [7, 11) is 1.78. The van der Waals surface area contributed by atoms with Gasteiger partial charge in [-0.25, -0.2) is 4.39 Å². The molecule has 182 valence electrons. The first kappa shape index (κ1) is 27.3. The van der Waals surface area contributed by atoms with Crippen LogP contribution in [-0.2, 0) is 9.47 Å². The van der Waals surface area contributed by atoms with Crippen LogP contribution in [-0.4, -0.2) is 70.5 Å². The van der Waals surface area contributed by atoms with Crippen LogP contribution in [0, 0.1) is 11.2 Å². The third-order valence-corrected chi connectivity index (χ3v) is 6.62. The number of nitrogens with one attached hydrogen (secondary N) is 2. The molecule has 0 radical (unpaired) electrons. The number of methoxy groups -OCH3 is 1. The Bertz CT molecular complexity index is 677. The summed E-state index contributed by atoms with van der Waals surface area (Å²) in [5, 5.41) is 6.96. The summed E-state index contributed by atoms with van der Waals surface area (Å²) < 4.78 is 24.4. The molecule has 1 saturated carbocycles. The Kier molecular flexibility index (Phi) is 12.2. The van der Waals surface area contributed by atoms with E-state index in [0.29, 0.717) is 6.54 Å². The lowest BCUT2D eigenvalue weighted by atomic mass is 9.83. The van der Waals surface area contributed by atoms with Crippen molar-refractivity contribution in [2.75, 3.05) is 59.7 Å². The summed E-state index contributed by atoms with van der Waals surface area (Å²) in [5.74, 6) is 0.650. The van der Waals surface area contributed by atoms with E-state index in [9.17, 15) is 4.39 Å². The van der Waals surface area contributed by atoms with Crippen LogP contribution in [0.4, 0.5) is 4.39 Å². The molecule has 1 saturated heterocycles. The number of benzene rings is 1. The summed E-state index contributed by atoms with van der Waals surface area (Å²) in [6.45, 7) is 8.44. The zero-order valence-electron chi connectivity index (χ0n) is 19.6. The molecule has 1 atom stereocenters. The van der Waals surface area contributed by atoms with E-state index in [2.05, 4.69) is 22.5 Å². The molecule has 2 N–H and O–H groups in total. The highest BCUT2D eigenvalue weighted by atomic mass is 127. The molecule has 0 bridgehead atoms. The van der Waals surface area contributed by atoms with Gasteiger partial charge in [0.05, 0.1) is 19.3 Å². The monoisotopic (exact) mass is 562 g/mol. The van der Waals surface area contributed by atoms with Gasteiger partial charge in [0.1, 0.15) is 5.82 Å². The van der Waals surface area contributed by atoms with Crippen molar-refractivity contribution < 1.29 is 13.9 Å². The molecular formula is C24H40FIN4O2. The Morgan fingerprint density at radius 3 is 2.50 bits per heavy atom. The average Bonchev–Trinajstić information content (AvgIpc) is 3.27. The molecule has 32 heavy (non-hydrogen) atoms. The molecule has 1 heterocycles. The van der Waals surface area contributed by atoms with Crippen molar-refractivity contribution in [1.82, 2.24) is 15.5 Å². The number of ether oxygens (including phenoxy) is 2. The predicted molar refractivity (Wildman–Crippen MR) is 138 cm³/mol. The van der Waals surface area contributed by atoms with E-state index in [1.165, 1.54) is 25.7 Å². The predicted octanol–water partition coefficient (Wildman–Crippen LogP) is 3.97. The van der Waals surface area contributed by atoms with E-state index < -0.39 is 0 Å². The van der Waals surface area contributed by atoms with Crippen molar-refractivity contribution in [3.63, 3.8) is 0 Å². The first-order valence-corrected chi connectivity index (χ1v) is 11.7. The summed E-state index contributed by atoms with van der Waals surface area (Å²) in [4.78, 5) is 7.39. The lowest BCUT2D eigenvalue weighted by Crippen LogP contribution is -2.46. The second-order valence-corrected chi connectivity index (χ2v) is 8.74. The summed E-state index contributed by atoms with van der Waals surface area (Å²) in [6, 6.07) is 7.00. The van der Waals surface area contributed by atoms with Crippen LogP contribution in [0.15, 0.2) is 29.3 Å². The third-order valence-electron chi connectivity index (χ3n) is 6.62. The number of guanidine groups is 1. The molecule has 2 aliphatic rings. The van der Waals surface area contributed by atoms with Crippen molar-refractivity contribution >= 4 is 29.9 Å². The van der Waals surface area contributed by atoms with Crippen LogP contribution in [0.5, 0.6) is 0 Å². The summed E-state index contributed by atoms with van der Waals surface area (Å²) in [5.41, 5.74) is 1.37. The van der Waals surface area contributed by atoms with Crippen molar-refractivity contribution in [3.8, 4) is 0 Å². The molecule has 1 aromatic rings. The third kappa shape index (κ3) is 8.11. The molecule has 1 unspecified atom stereocenters. The van der Waals surface area contributed by atoms with Gasteiger partial charge in [-0.1, -0.05) is 25.0 Å². The number of halogens is 2. The van der Waals surface area contributed by atoms with Gasteiger partial charge in [-0.2, -0.15) is 0 Å². The minimum absolute atomic E-state index is 0. The fourth-order valence-corrected chi connectivity index (χ4v) is 4.74. The van der Waals surface area contributed by atoms with Crippen LogP contribution in [0.25, 0.3) is 0 Å². The van der Waals surface area contributed by atoms with Crippen molar-refractivity contribution in [3.05, 3.63) is 35.6 Å². The van der Waals surface area contributed by atoms with E-state index in [1.807, 2.05) is 12.1 Å². The highest BCUT2D eigenvalue weighted by Gasteiger charge is 2.33. The van der Waals surface area contributed by atoms with Gasteiger partial charge < -0.3 is 20.1 Å². The number of morpholine rings is 1. The molecule has 0 spiro atoms.